The van der Waals surface area contributed by atoms with Crippen molar-refractivity contribution in [3.05, 3.63) is 29.8 Å². The van der Waals surface area contributed by atoms with Gasteiger partial charge in [-0.3, -0.25) is 4.79 Å². The second-order valence-corrected chi connectivity index (χ2v) is 11.2. The lowest BCUT2D eigenvalue weighted by atomic mass is 10.1. The van der Waals surface area contributed by atoms with Crippen molar-refractivity contribution in [2.45, 2.75) is 43.9 Å². The van der Waals surface area contributed by atoms with E-state index >= 15 is 0 Å². The average molecular weight is 446 g/mol. The van der Waals surface area contributed by atoms with Crippen molar-refractivity contribution in [1.82, 2.24) is 13.9 Å². The first-order valence-corrected chi connectivity index (χ1v) is 13.2. The molecule has 1 N–H and O–H groups in total. The van der Waals surface area contributed by atoms with Crippen molar-refractivity contribution in [1.29, 1.82) is 0 Å². The van der Waals surface area contributed by atoms with E-state index in [1.807, 2.05) is 0 Å². The predicted octanol–water partition coefficient (Wildman–Crippen LogP) is 1.19. The van der Waals surface area contributed by atoms with E-state index in [9.17, 15) is 21.6 Å². The minimum Gasteiger partial charge on any atom is -0.356 e. The van der Waals surface area contributed by atoms with E-state index in [-0.39, 0.29) is 17.2 Å². The van der Waals surface area contributed by atoms with Gasteiger partial charge in [0.2, 0.25) is 26.0 Å². The molecule has 2 rings (SSSR count). The molecule has 0 bridgehead atoms. The molecule has 164 valence electrons. The molecule has 0 aromatic heterocycles. The molecule has 0 atom stereocenters. The molecule has 0 saturated carbocycles. The Labute approximate surface area is 174 Å². The van der Waals surface area contributed by atoms with Gasteiger partial charge in [-0.05, 0) is 37.0 Å². The van der Waals surface area contributed by atoms with Crippen molar-refractivity contribution < 1.29 is 21.6 Å². The smallest absolute Gasteiger partial charge is 0.243 e. The number of benzene rings is 1. The minimum absolute atomic E-state index is 0.146. The summed E-state index contributed by atoms with van der Waals surface area (Å²) in [7, 11) is -6.69. The van der Waals surface area contributed by atoms with Crippen LogP contribution >= 0.6 is 0 Å². The van der Waals surface area contributed by atoms with Gasteiger partial charge < -0.3 is 5.32 Å². The number of nitrogens with zero attached hydrogens (tertiary/aromatic N) is 2. The topological polar surface area (TPSA) is 104 Å². The highest BCUT2D eigenvalue weighted by Gasteiger charge is 2.25. The number of carbonyl (C=O) groups excluding carboxylic acids is 1. The molecule has 10 heteroatoms. The second-order valence-electron chi connectivity index (χ2n) is 7.24. The van der Waals surface area contributed by atoms with Crippen LogP contribution < -0.4 is 5.32 Å². The van der Waals surface area contributed by atoms with Gasteiger partial charge in [0.25, 0.3) is 0 Å². The Morgan fingerprint density at radius 2 is 1.69 bits per heavy atom. The summed E-state index contributed by atoms with van der Waals surface area (Å²) in [6.07, 6.45) is 4.68. The first-order valence-electron chi connectivity index (χ1n) is 9.95. The standard InChI is InChI=1S/C19H31N3O5S2/c1-3-21(28(2,24)25)15-7-12-20-19(23)16-17-8-10-18(11-9-17)29(26,27)22-13-5-4-6-14-22/h8-11H,3-7,12-16H2,1-2H3,(H,20,23). The Morgan fingerprint density at radius 3 is 2.24 bits per heavy atom. The Hall–Kier alpha value is -1.49. The highest BCUT2D eigenvalue weighted by atomic mass is 32.2. The van der Waals surface area contributed by atoms with Crippen LogP contribution in [0.15, 0.2) is 29.2 Å². The van der Waals surface area contributed by atoms with Gasteiger partial charge in [0.15, 0.2) is 0 Å². The zero-order valence-corrected chi connectivity index (χ0v) is 18.8. The molecule has 0 spiro atoms. The number of nitrogens with one attached hydrogen (secondary N) is 1. The Bertz CT molecular complexity index is 877. The van der Waals surface area contributed by atoms with Crippen molar-refractivity contribution in [2.75, 3.05) is 39.0 Å². The summed E-state index contributed by atoms with van der Waals surface area (Å²) in [6.45, 7) is 4.03. The molecule has 29 heavy (non-hydrogen) atoms. The first-order chi connectivity index (χ1) is 13.6. The molecule has 0 aliphatic carbocycles. The number of carbonyl (C=O) groups is 1. The molecular weight excluding hydrogens is 414 g/mol. The molecule has 8 nitrogen and oxygen atoms in total. The van der Waals surface area contributed by atoms with Gasteiger partial charge in [0.1, 0.15) is 0 Å². The summed E-state index contributed by atoms with van der Waals surface area (Å²) >= 11 is 0. The van der Waals surface area contributed by atoms with Crippen LogP contribution in [0.25, 0.3) is 0 Å². The molecule has 1 aromatic carbocycles. The summed E-state index contributed by atoms with van der Waals surface area (Å²) in [5.74, 6) is -0.181. The Morgan fingerprint density at radius 1 is 1.07 bits per heavy atom. The Balaban J connectivity index is 1.82. The van der Waals surface area contributed by atoms with Crippen LogP contribution in [0, 0.1) is 0 Å². The average Bonchev–Trinajstić information content (AvgIpc) is 2.68. The number of sulfonamides is 2. The van der Waals surface area contributed by atoms with Crippen LogP contribution in [0.4, 0.5) is 0 Å². The van der Waals surface area contributed by atoms with Crippen molar-refractivity contribution in [3.63, 3.8) is 0 Å². The van der Waals surface area contributed by atoms with Crippen LogP contribution in [-0.4, -0.2) is 70.3 Å². The molecule has 1 saturated heterocycles. The number of hydrogen-bond acceptors (Lipinski definition) is 5. The van der Waals surface area contributed by atoms with Crippen LogP contribution in [-0.2, 0) is 31.3 Å². The van der Waals surface area contributed by atoms with E-state index in [1.165, 1.54) is 14.9 Å². The lowest BCUT2D eigenvalue weighted by Crippen LogP contribution is -2.35. The van der Waals surface area contributed by atoms with Gasteiger partial charge in [-0.25, -0.2) is 21.1 Å². The van der Waals surface area contributed by atoms with Gasteiger partial charge in [-0.2, -0.15) is 4.31 Å². The van der Waals surface area contributed by atoms with Crippen molar-refractivity contribution in [2.24, 2.45) is 0 Å². The number of rotatable bonds is 10. The van der Waals surface area contributed by atoms with E-state index in [2.05, 4.69) is 5.32 Å². The molecule has 0 radical (unpaired) electrons. The predicted molar refractivity (Wildman–Crippen MR) is 112 cm³/mol. The summed E-state index contributed by atoms with van der Waals surface area (Å²) in [6, 6.07) is 6.44. The Kier molecular flexibility index (Phi) is 8.62. The SMILES string of the molecule is CCN(CCCNC(=O)Cc1ccc(S(=O)(=O)N2CCCCC2)cc1)S(C)(=O)=O. The van der Waals surface area contributed by atoms with Crippen LogP contribution in [0.2, 0.25) is 0 Å². The van der Waals surface area contributed by atoms with Crippen molar-refractivity contribution >= 4 is 26.0 Å². The lowest BCUT2D eigenvalue weighted by molar-refractivity contribution is -0.120. The maximum atomic E-state index is 12.6. The highest BCUT2D eigenvalue weighted by Crippen LogP contribution is 2.21. The van der Waals surface area contributed by atoms with E-state index in [0.29, 0.717) is 39.1 Å². The van der Waals surface area contributed by atoms with Gasteiger partial charge in [0, 0.05) is 32.7 Å². The largest absolute Gasteiger partial charge is 0.356 e. The zero-order chi connectivity index (χ0) is 21.5. The fourth-order valence-corrected chi connectivity index (χ4v) is 5.77. The zero-order valence-electron chi connectivity index (χ0n) is 17.1. The normalized spacial score (nSPS) is 16.1. The summed E-state index contributed by atoms with van der Waals surface area (Å²) in [5.41, 5.74) is 0.728. The monoisotopic (exact) mass is 445 g/mol. The molecule has 1 aromatic rings. The molecule has 1 fully saturated rings. The lowest BCUT2D eigenvalue weighted by Gasteiger charge is -2.25. The molecular formula is C19H31N3O5S2. The summed E-state index contributed by atoms with van der Waals surface area (Å²) in [4.78, 5) is 12.3. The summed E-state index contributed by atoms with van der Waals surface area (Å²) in [5, 5.41) is 2.77. The van der Waals surface area contributed by atoms with Gasteiger partial charge >= 0.3 is 0 Å². The maximum absolute atomic E-state index is 12.6. The van der Waals surface area contributed by atoms with Gasteiger partial charge in [-0.15, -0.1) is 0 Å². The first kappa shape index (κ1) is 23.8. The van der Waals surface area contributed by atoms with Crippen LogP contribution in [0.5, 0.6) is 0 Å². The van der Waals surface area contributed by atoms with E-state index in [1.54, 1.807) is 31.2 Å². The third-order valence-corrected chi connectivity index (χ3v) is 8.26. The van der Waals surface area contributed by atoms with Gasteiger partial charge in [0.05, 0.1) is 17.6 Å². The fourth-order valence-electron chi connectivity index (χ4n) is 3.32. The van der Waals surface area contributed by atoms with E-state index < -0.39 is 20.0 Å². The third-order valence-electron chi connectivity index (χ3n) is 4.97. The van der Waals surface area contributed by atoms with E-state index in [0.717, 1.165) is 24.8 Å². The van der Waals surface area contributed by atoms with Crippen molar-refractivity contribution in [3.8, 4) is 0 Å². The van der Waals surface area contributed by atoms with Gasteiger partial charge in [-0.1, -0.05) is 25.5 Å². The summed E-state index contributed by atoms with van der Waals surface area (Å²) < 4.78 is 51.2. The second kappa shape index (κ2) is 10.5. The molecule has 1 aliphatic heterocycles. The molecule has 1 heterocycles. The maximum Gasteiger partial charge on any atom is 0.243 e. The molecule has 0 unspecified atom stereocenters. The highest BCUT2D eigenvalue weighted by molar-refractivity contribution is 7.89. The van der Waals surface area contributed by atoms with E-state index in [4.69, 9.17) is 0 Å². The number of hydrogen-bond donors (Lipinski definition) is 1. The van der Waals surface area contributed by atoms with Crippen LogP contribution in [0.1, 0.15) is 38.2 Å². The quantitative estimate of drug-likeness (QED) is 0.545. The third kappa shape index (κ3) is 7.06. The number of amides is 1. The molecule has 1 aliphatic rings. The number of piperidine rings is 1. The molecule has 1 amide bonds. The minimum atomic E-state index is -3.47. The fraction of sp³-hybridized carbons (Fsp3) is 0.632. The van der Waals surface area contributed by atoms with Crippen LogP contribution in [0.3, 0.4) is 0 Å².